The Kier molecular flexibility index (Phi) is 4.60. The number of piperazine rings is 1. The minimum atomic E-state index is -0.586. The van der Waals surface area contributed by atoms with Crippen LogP contribution in [0.2, 0.25) is 0 Å². The smallest absolute Gasteiger partial charge is 0.246 e. The Bertz CT molecular complexity index is 547. The number of nitrogens with one attached hydrogen (secondary N) is 1. The third-order valence-corrected chi connectivity index (χ3v) is 4.21. The van der Waals surface area contributed by atoms with Crippen LogP contribution in [0.3, 0.4) is 0 Å². The van der Waals surface area contributed by atoms with Crippen molar-refractivity contribution in [3.63, 3.8) is 0 Å². The van der Waals surface area contributed by atoms with Gasteiger partial charge in [-0.1, -0.05) is 38.5 Å². The van der Waals surface area contributed by atoms with Gasteiger partial charge in [-0.3, -0.25) is 9.59 Å². The molecule has 3 unspecified atom stereocenters. The predicted octanol–water partition coefficient (Wildman–Crippen LogP) is 2.09. The van der Waals surface area contributed by atoms with E-state index in [9.17, 15) is 14.0 Å². The topological polar surface area (TPSA) is 49.4 Å². The van der Waals surface area contributed by atoms with E-state index in [4.69, 9.17) is 0 Å². The van der Waals surface area contributed by atoms with Crippen molar-refractivity contribution in [2.45, 2.75) is 45.8 Å². The Balaban J connectivity index is 2.25. The second-order valence-electron chi connectivity index (χ2n) is 5.61. The summed E-state index contributed by atoms with van der Waals surface area (Å²) in [6.45, 7) is 5.69. The molecule has 0 bridgehead atoms. The van der Waals surface area contributed by atoms with Gasteiger partial charge in [0.2, 0.25) is 11.8 Å². The lowest BCUT2D eigenvalue weighted by molar-refractivity contribution is -0.150. The van der Waals surface area contributed by atoms with E-state index in [1.54, 1.807) is 25.1 Å². The quantitative estimate of drug-likeness (QED) is 0.924. The van der Waals surface area contributed by atoms with Crippen LogP contribution in [-0.4, -0.2) is 28.8 Å². The number of carbonyl (C=O) groups excluding carboxylic acids is 2. The van der Waals surface area contributed by atoms with Gasteiger partial charge in [0.25, 0.3) is 0 Å². The average Bonchev–Trinajstić information content (AvgIpc) is 2.48. The van der Waals surface area contributed by atoms with Crippen molar-refractivity contribution in [3.8, 4) is 0 Å². The molecule has 21 heavy (non-hydrogen) atoms. The van der Waals surface area contributed by atoms with Crippen molar-refractivity contribution in [2.75, 3.05) is 0 Å². The molecule has 3 atom stereocenters. The van der Waals surface area contributed by atoms with Crippen molar-refractivity contribution < 1.29 is 14.0 Å². The summed E-state index contributed by atoms with van der Waals surface area (Å²) in [5.41, 5.74) is 0.426. The molecule has 1 heterocycles. The molecule has 2 rings (SSSR count). The van der Waals surface area contributed by atoms with Gasteiger partial charge in [-0.15, -0.1) is 0 Å². The SMILES string of the molecule is CCC(C)C1NC(=O)C(C)N(Cc2ccccc2F)C1=O. The van der Waals surface area contributed by atoms with Crippen molar-refractivity contribution in [2.24, 2.45) is 5.92 Å². The van der Waals surface area contributed by atoms with E-state index < -0.39 is 12.1 Å². The van der Waals surface area contributed by atoms with E-state index >= 15 is 0 Å². The van der Waals surface area contributed by atoms with Crippen LogP contribution >= 0.6 is 0 Å². The first kappa shape index (κ1) is 15.5. The largest absolute Gasteiger partial charge is 0.342 e. The van der Waals surface area contributed by atoms with Crippen molar-refractivity contribution in [3.05, 3.63) is 35.6 Å². The molecule has 4 nitrogen and oxygen atoms in total. The minimum Gasteiger partial charge on any atom is -0.342 e. The normalized spacial score (nSPS) is 23.9. The van der Waals surface area contributed by atoms with Crippen LogP contribution in [0.15, 0.2) is 24.3 Å². The fraction of sp³-hybridized carbons (Fsp3) is 0.500. The molecule has 0 aromatic heterocycles. The lowest BCUT2D eigenvalue weighted by Gasteiger charge is -2.39. The van der Waals surface area contributed by atoms with E-state index in [-0.39, 0.29) is 30.1 Å². The summed E-state index contributed by atoms with van der Waals surface area (Å²) >= 11 is 0. The second-order valence-corrected chi connectivity index (χ2v) is 5.61. The van der Waals surface area contributed by atoms with Gasteiger partial charge in [-0.05, 0) is 18.9 Å². The first-order valence-corrected chi connectivity index (χ1v) is 7.30. The van der Waals surface area contributed by atoms with Crippen molar-refractivity contribution in [1.29, 1.82) is 0 Å². The van der Waals surface area contributed by atoms with E-state index in [1.165, 1.54) is 11.0 Å². The van der Waals surface area contributed by atoms with Crippen LogP contribution in [0.1, 0.15) is 32.8 Å². The molecule has 1 saturated heterocycles. The molecular formula is C16H21FN2O2. The molecule has 0 aliphatic carbocycles. The summed E-state index contributed by atoms with van der Waals surface area (Å²) in [7, 11) is 0. The monoisotopic (exact) mass is 292 g/mol. The Labute approximate surface area is 124 Å². The Hall–Kier alpha value is -1.91. The first-order valence-electron chi connectivity index (χ1n) is 7.30. The minimum absolute atomic E-state index is 0.0528. The third-order valence-electron chi connectivity index (χ3n) is 4.21. The number of rotatable bonds is 4. The molecule has 0 saturated carbocycles. The lowest BCUT2D eigenvalue weighted by atomic mass is 9.94. The molecule has 2 amide bonds. The van der Waals surface area contributed by atoms with Gasteiger partial charge >= 0.3 is 0 Å². The standard InChI is InChI=1S/C16H21FN2O2/c1-4-10(2)14-16(21)19(11(3)15(20)18-14)9-12-7-5-6-8-13(12)17/h5-8,10-11,14H,4,9H2,1-3H3,(H,18,20). The van der Waals surface area contributed by atoms with Gasteiger partial charge < -0.3 is 10.2 Å². The fourth-order valence-corrected chi connectivity index (χ4v) is 2.49. The fourth-order valence-electron chi connectivity index (χ4n) is 2.49. The highest BCUT2D eigenvalue weighted by Crippen LogP contribution is 2.20. The number of hydrogen-bond acceptors (Lipinski definition) is 2. The Morgan fingerprint density at radius 2 is 2.00 bits per heavy atom. The van der Waals surface area contributed by atoms with Crippen LogP contribution in [0, 0.1) is 11.7 Å². The second kappa shape index (κ2) is 6.24. The van der Waals surface area contributed by atoms with E-state index in [1.807, 2.05) is 13.8 Å². The molecule has 1 N–H and O–H groups in total. The zero-order chi connectivity index (χ0) is 15.6. The zero-order valence-electron chi connectivity index (χ0n) is 12.6. The number of nitrogens with zero attached hydrogens (tertiary/aromatic N) is 1. The van der Waals surface area contributed by atoms with Crippen LogP contribution < -0.4 is 5.32 Å². The van der Waals surface area contributed by atoms with Gasteiger partial charge in [0, 0.05) is 12.1 Å². The number of halogens is 1. The number of benzene rings is 1. The highest BCUT2D eigenvalue weighted by Gasteiger charge is 2.40. The number of hydrogen-bond donors (Lipinski definition) is 1. The highest BCUT2D eigenvalue weighted by atomic mass is 19.1. The number of amides is 2. The van der Waals surface area contributed by atoms with Crippen molar-refractivity contribution >= 4 is 11.8 Å². The van der Waals surface area contributed by atoms with E-state index in [2.05, 4.69) is 5.32 Å². The third kappa shape index (κ3) is 3.06. The molecule has 0 radical (unpaired) electrons. The van der Waals surface area contributed by atoms with Gasteiger partial charge in [0.05, 0.1) is 0 Å². The predicted molar refractivity (Wildman–Crippen MR) is 77.8 cm³/mol. The maximum absolute atomic E-state index is 13.8. The summed E-state index contributed by atoms with van der Waals surface area (Å²) in [5, 5.41) is 2.77. The van der Waals surface area contributed by atoms with Gasteiger partial charge in [0.1, 0.15) is 17.9 Å². The number of carbonyl (C=O) groups is 2. The molecule has 1 aliphatic rings. The Morgan fingerprint density at radius 3 is 2.62 bits per heavy atom. The van der Waals surface area contributed by atoms with Crippen LogP contribution in [-0.2, 0) is 16.1 Å². The zero-order valence-corrected chi connectivity index (χ0v) is 12.6. The van der Waals surface area contributed by atoms with E-state index in [0.29, 0.717) is 5.56 Å². The molecular weight excluding hydrogens is 271 g/mol. The molecule has 5 heteroatoms. The highest BCUT2D eigenvalue weighted by molar-refractivity contribution is 5.96. The molecule has 1 aromatic carbocycles. The van der Waals surface area contributed by atoms with Crippen LogP contribution in [0.5, 0.6) is 0 Å². The molecule has 1 fully saturated rings. The first-order chi connectivity index (χ1) is 9.95. The maximum Gasteiger partial charge on any atom is 0.246 e. The van der Waals surface area contributed by atoms with Crippen molar-refractivity contribution in [1.82, 2.24) is 10.2 Å². The van der Waals surface area contributed by atoms with Gasteiger partial charge in [-0.2, -0.15) is 0 Å². The average molecular weight is 292 g/mol. The summed E-state index contributed by atoms with van der Waals surface area (Å²) < 4.78 is 13.8. The van der Waals surface area contributed by atoms with Crippen LogP contribution in [0.25, 0.3) is 0 Å². The van der Waals surface area contributed by atoms with Crippen LogP contribution in [0.4, 0.5) is 4.39 Å². The van der Waals surface area contributed by atoms with E-state index in [0.717, 1.165) is 6.42 Å². The lowest BCUT2D eigenvalue weighted by Crippen LogP contribution is -2.63. The molecule has 1 aliphatic heterocycles. The summed E-state index contributed by atoms with van der Waals surface area (Å²) in [6.07, 6.45) is 0.790. The molecule has 0 spiro atoms. The van der Waals surface area contributed by atoms with Gasteiger partial charge in [-0.25, -0.2) is 4.39 Å². The maximum atomic E-state index is 13.8. The summed E-state index contributed by atoms with van der Waals surface area (Å²) in [6, 6.07) is 5.22. The Morgan fingerprint density at radius 1 is 1.33 bits per heavy atom. The molecule has 114 valence electrons. The molecule has 1 aromatic rings. The summed E-state index contributed by atoms with van der Waals surface area (Å²) in [4.78, 5) is 26.1. The summed E-state index contributed by atoms with van der Waals surface area (Å²) in [5.74, 6) is -0.628. The van der Waals surface area contributed by atoms with Gasteiger partial charge in [0.15, 0.2) is 0 Å².